The number of carbonyl (C=O) groups excluding carboxylic acids is 2. The van der Waals surface area contributed by atoms with Crippen molar-refractivity contribution in [2.24, 2.45) is 5.73 Å². The first-order valence-electron chi connectivity index (χ1n) is 6.08. The number of hydrogen-bond acceptors (Lipinski definition) is 2. The molecule has 1 aromatic carbocycles. The largest absolute Gasteiger partial charge is 0.370 e. The molecule has 0 radical (unpaired) electrons. The van der Waals surface area contributed by atoms with Crippen molar-refractivity contribution in [3.05, 3.63) is 47.9 Å². The van der Waals surface area contributed by atoms with E-state index in [1.807, 2.05) is 0 Å². The van der Waals surface area contributed by atoms with Crippen LogP contribution >= 0.6 is 0 Å². The predicted octanol–water partition coefficient (Wildman–Crippen LogP) is 1.43. The first-order chi connectivity index (χ1) is 9.59. The molecule has 6 heteroatoms. The monoisotopic (exact) mass is 275 g/mol. The Morgan fingerprint density at radius 3 is 2.70 bits per heavy atom. The van der Waals surface area contributed by atoms with Gasteiger partial charge in [0.1, 0.15) is 5.82 Å². The SMILES string of the molecule is NC(=O)CCNC(=O)c1cc[nH]c1-c1ccccc1F. The lowest BCUT2D eigenvalue weighted by molar-refractivity contribution is -0.117. The lowest BCUT2D eigenvalue weighted by Gasteiger charge is -2.06. The van der Waals surface area contributed by atoms with Gasteiger partial charge in [-0.2, -0.15) is 0 Å². The summed E-state index contributed by atoms with van der Waals surface area (Å²) in [4.78, 5) is 25.5. The summed E-state index contributed by atoms with van der Waals surface area (Å²) in [6.45, 7) is 0.149. The first-order valence-corrected chi connectivity index (χ1v) is 6.08. The second kappa shape index (κ2) is 6.01. The smallest absolute Gasteiger partial charge is 0.253 e. The molecule has 2 amide bonds. The van der Waals surface area contributed by atoms with Crippen molar-refractivity contribution in [3.63, 3.8) is 0 Å². The van der Waals surface area contributed by atoms with Crippen LogP contribution in [0.25, 0.3) is 11.3 Å². The molecule has 104 valence electrons. The minimum absolute atomic E-state index is 0.0607. The van der Waals surface area contributed by atoms with E-state index < -0.39 is 11.7 Å². The Morgan fingerprint density at radius 1 is 1.25 bits per heavy atom. The normalized spacial score (nSPS) is 10.2. The number of amides is 2. The molecule has 5 nitrogen and oxygen atoms in total. The van der Waals surface area contributed by atoms with E-state index in [1.165, 1.54) is 6.07 Å². The summed E-state index contributed by atoms with van der Waals surface area (Å²) in [6, 6.07) is 7.73. The quantitative estimate of drug-likeness (QED) is 0.770. The second-order valence-corrected chi connectivity index (χ2v) is 4.22. The number of H-pyrrole nitrogens is 1. The Morgan fingerprint density at radius 2 is 2.00 bits per heavy atom. The molecule has 0 fully saturated rings. The number of carbonyl (C=O) groups is 2. The van der Waals surface area contributed by atoms with E-state index in [-0.39, 0.29) is 18.9 Å². The number of benzene rings is 1. The first kappa shape index (κ1) is 13.8. The second-order valence-electron chi connectivity index (χ2n) is 4.22. The predicted molar refractivity (Wildman–Crippen MR) is 72.3 cm³/mol. The van der Waals surface area contributed by atoms with E-state index in [0.29, 0.717) is 16.8 Å². The molecule has 20 heavy (non-hydrogen) atoms. The summed E-state index contributed by atoms with van der Waals surface area (Å²) >= 11 is 0. The molecule has 0 saturated carbocycles. The average molecular weight is 275 g/mol. The zero-order chi connectivity index (χ0) is 14.5. The molecule has 0 aliphatic heterocycles. The standard InChI is InChI=1S/C14H14FN3O2/c15-11-4-2-1-3-9(11)13-10(5-7-17-13)14(20)18-8-6-12(16)19/h1-5,7,17H,6,8H2,(H2,16,19)(H,18,20). The Labute approximate surface area is 115 Å². The average Bonchev–Trinajstić information content (AvgIpc) is 2.87. The maximum atomic E-state index is 13.7. The third kappa shape index (κ3) is 3.03. The van der Waals surface area contributed by atoms with Gasteiger partial charge in [-0.3, -0.25) is 9.59 Å². The summed E-state index contributed by atoms with van der Waals surface area (Å²) in [5.41, 5.74) is 6.03. The number of primary amides is 1. The van der Waals surface area contributed by atoms with Crippen LogP contribution in [0.4, 0.5) is 4.39 Å². The van der Waals surface area contributed by atoms with Crippen molar-refractivity contribution in [2.75, 3.05) is 6.54 Å². The molecule has 2 rings (SSSR count). The van der Waals surface area contributed by atoms with Gasteiger partial charge in [0.05, 0.1) is 11.3 Å². The maximum absolute atomic E-state index is 13.7. The fourth-order valence-corrected chi connectivity index (χ4v) is 1.84. The zero-order valence-electron chi connectivity index (χ0n) is 10.7. The molecule has 1 aromatic heterocycles. The molecule has 1 heterocycles. The van der Waals surface area contributed by atoms with Gasteiger partial charge in [0, 0.05) is 24.7 Å². The Balaban J connectivity index is 2.19. The highest BCUT2D eigenvalue weighted by Gasteiger charge is 2.16. The van der Waals surface area contributed by atoms with Gasteiger partial charge in [-0.1, -0.05) is 12.1 Å². The number of halogens is 1. The number of rotatable bonds is 5. The fourth-order valence-electron chi connectivity index (χ4n) is 1.84. The number of nitrogens with two attached hydrogens (primary N) is 1. The van der Waals surface area contributed by atoms with Crippen LogP contribution in [-0.2, 0) is 4.79 Å². The number of hydrogen-bond donors (Lipinski definition) is 3. The van der Waals surface area contributed by atoms with Gasteiger partial charge >= 0.3 is 0 Å². The third-order valence-electron chi connectivity index (χ3n) is 2.79. The molecule has 0 spiro atoms. The van der Waals surface area contributed by atoms with Crippen molar-refractivity contribution in [1.82, 2.24) is 10.3 Å². The highest BCUT2D eigenvalue weighted by Crippen LogP contribution is 2.24. The fraction of sp³-hybridized carbons (Fsp3) is 0.143. The van der Waals surface area contributed by atoms with E-state index >= 15 is 0 Å². The van der Waals surface area contributed by atoms with E-state index in [1.54, 1.807) is 30.5 Å². The molecule has 4 N–H and O–H groups in total. The minimum Gasteiger partial charge on any atom is -0.370 e. The Bertz CT molecular complexity index is 637. The van der Waals surface area contributed by atoms with Gasteiger partial charge in [-0.25, -0.2) is 4.39 Å². The lowest BCUT2D eigenvalue weighted by Crippen LogP contribution is -2.28. The van der Waals surface area contributed by atoms with Crippen LogP contribution in [0.1, 0.15) is 16.8 Å². The van der Waals surface area contributed by atoms with Crippen LogP contribution in [0.2, 0.25) is 0 Å². The van der Waals surface area contributed by atoms with Crippen molar-refractivity contribution >= 4 is 11.8 Å². The van der Waals surface area contributed by atoms with Crippen molar-refractivity contribution in [3.8, 4) is 11.3 Å². The van der Waals surface area contributed by atoms with E-state index in [4.69, 9.17) is 5.73 Å². The van der Waals surface area contributed by atoms with Crippen LogP contribution in [0.15, 0.2) is 36.5 Å². The number of nitrogens with one attached hydrogen (secondary N) is 2. The van der Waals surface area contributed by atoms with Crippen LogP contribution in [0.3, 0.4) is 0 Å². The van der Waals surface area contributed by atoms with Gasteiger partial charge < -0.3 is 16.0 Å². The molecule has 0 aliphatic carbocycles. The number of aromatic amines is 1. The van der Waals surface area contributed by atoms with E-state index in [2.05, 4.69) is 10.3 Å². The molecule has 0 aliphatic rings. The minimum atomic E-state index is -0.492. The van der Waals surface area contributed by atoms with Gasteiger partial charge in [-0.05, 0) is 18.2 Å². The van der Waals surface area contributed by atoms with Crippen LogP contribution < -0.4 is 11.1 Å². The molecule has 0 unspecified atom stereocenters. The molecule has 2 aromatic rings. The summed E-state index contributed by atoms with van der Waals surface area (Å²) in [5.74, 6) is -1.29. The number of aromatic nitrogens is 1. The summed E-state index contributed by atoms with van der Waals surface area (Å²) < 4.78 is 13.7. The molecule has 0 atom stereocenters. The summed E-state index contributed by atoms with van der Waals surface area (Å²) in [7, 11) is 0. The Hall–Kier alpha value is -2.63. The molecule has 0 saturated heterocycles. The van der Waals surface area contributed by atoms with Gasteiger partial charge in [0.15, 0.2) is 0 Å². The van der Waals surface area contributed by atoms with Gasteiger partial charge in [0.25, 0.3) is 5.91 Å². The van der Waals surface area contributed by atoms with Gasteiger partial charge in [-0.15, -0.1) is 0 Å². The van der Waals surface area contributed by atoms with Crippen LogP contribution in [0.5, 0.6) is 0 Å². The van der Waals surface area contributed by atoms with Crippen molar-refractivity contribution in [2.45, 2.75) is 6.42 Å². The topological polar surface area (TPSA) is 88.0 Å². The van der Waals surface area contributed by atoms with Crippen LogP contribution in [0, 0.1) is 5.82 Å². The summed E-state index contributed by atoms with van der Waals surface area (Å²) in [6.07, 6.45) is 1.62. The Kier molecular flexibility index (Phi) is 4.14. The third-order valence-corrected chi connectivity index (χ3v) is 2.79. The molecular weight excluding hydrogens is 261 g/mol. The molecule has 0 bridgehead atoms. The van der Waals surface area contributed by atoms with Crippen molar-refractivity contribution in [1.29, 1.82) is 0 Å². The highest BCUT2D eigenvalue weighted by atomic mass is 19.1. The van der Waals surface area contributed by atoms with Gasteiger partial charge in [0.2, 0.25) is 5.91 Å². The van der Waals surface area contributed by atoms with E-state index in [9.17, 15) is 14.0 Å². The van der Waals surface area contributed by atoms with Crippen molar-refractivity contribution < 1.29 is 14.0 Å². The maximum Gasteiger partial charge on any atom is 0.253 e. The zero-order valence-corrected chi connectivity index (χ0v) is 10.7. The molecular formula is C14H14FN3O2. The lowest BCUT2D eigenvalue weighted by atomic mass is 10.1. The van der Waals surface area contributed by atoms with E-state index in [0.717, 1.165) is 0 Å². The summed E-state index contributed by atoms with van der Waals surface area (Å²) in [5, 5.41) is 2.56. The van der Waals surface area contributed by atoms with Crippen LogP contribution in [-0.4, -0.2) is 23.3 Å². The highest BCUT2D eigenvalue weighted by molar-refractivity contribution is 6.00.